The van der Waals surface area contributed by atoms with Crippen LogP contribution in [0.5, 0.6) is 0 Å². The molecular formula is C30H33F6N3O6S. The first kappa shape index (κ1) is 34.6. The number of aliphatic hydroxyl groups is 3. The zero-order valence-electron chi connectivity index (χ0n) is 24.9. The van der Waals surface area contributed by atoms with Gasteiger partial charge in [0.25, 0.3) is 0 Å². The number of hydrogen-bond acceptors (Lipinski definition) is 9. The fraction of sp³-hybridized carbons (Fsp3) is 0.533. The van der Waals surface area contributed by atoms with Gasteiger partial charge in [0.2, 0.25) is 0 Å². The standard InChI is InChI=1S/C30H33F6N3O6S/c1-28(2)14-29(42,8-9-44-28)26(16-6-4-5-7-17(16)30(34,35)36)46-27-25(43-3)23(24(41)21(13-40)45-27)39-12-20(37-38-39)15-10-18(31)22(33)19(32)11-15/h4-7,10-12,21,23-27,40-42H,8-9,13-14H2,1-3H3/t21-,23+,24+,25-,26?,27+,29+/m1/s1. The Balaban J connectivity index is 1.56. The first-order valence-electron chi connectivity index (χ1n) is 14.3. The summed E-state index contributed by atoms with van der Waals surface area (Å²) in [6.45, 7) is 2.80. The highest BCUT2D eigenvalue weighted by Gasteiger charge is 2.53. The summed E-state index contributed by atoms with van der Waals surface area (Å²) < 4.78 is 103. The minimum absolute atomic E-state index is 0.00261. The van der Waals surface area contributed by atoms with Gasteiger partial charge in [0, 0.05) is 25.5 Å². The first-order chi connectivity index (χ1) is 21.6. The number of rotatable bonds is 8. The largest absolute Gasteiger partial charge is 0.416 e. The third-order valence-corrected chi connectivity index (χ3v) is 9.87. The summed E-state index contributed by atoms with van der Waals surface area (Å²) in [5, 5.41) is 40.1. The molecule has 5 rings (SSSR count). The molecule has 0 amide bonds. The molecule has 46 heavy (non-hydrogen) atoms. The molecule has 0 aliphatic carbocycles. The molecule has 16 heteroatoms. The van der Waals surface area contributed by atoms with E-state index < -0.39 is 82.0 Å². The highest BCUT2D eigenvalue weighted by molar-refractivity contribution is 8.00. The van der Waals surface area contributed by atoms with Gasteiger partial charge < -0.3 is 29.5 Å². The fourth-order valence-electron chi connectivity index (χ4n) is 6.19. The lowest BCUT2D eigenvalue weighted by atomic mass is 9.79. The summed E-state index contributed by atoms with van der Waals surface area (Å²) >= 11 is 0.839. The quantitative estimate of drug-likeness (QED) is 0.228. The van der Waals surface area contributed by atoms with Crippen LogP contribution in [0.1, 0.15) is 49.1 Å². The van der Waals surface area contributed by atoms with E-state index in [2.05, 4.69) is 10.3 Å². The van der Waals surface area contributed by atoms with Crippen molar-refractivity contribution in [2.24, 2.45) is 0 Å². The van der Waals surface area contributed by atoms with Crippen LogP contribution in [0.2, 0.25) is 0 Å². The van der Waals surface area contributed by atoms with Crippen LogP contribution in [-0.4, -0.2) is 85.6 Å². The van der Waals surface area contributed by atoms with Crippen LogP contribution in [0, 0.1) is 17.5 Å². The third-order valence-electron chi connectivity index (χ3n) is 8.26. The Morgan fingerprint density at radius 1 is 1.15 bits per heavy atom. The van der Waals surface area contributed by atoms with Gasteiger partial charge in [-0.1, -0.05) is 23.4 Å². The molecule has 0 radical (unpaired) electrons. The number of alkyl halides is 3. The van der Waals surface area contributed by atoms with E-state index in [1.165, 1.54) is 31.5 Å². The van der Waals surface area contributed by atoms with Gasteiger partial charge in [0.15, 0.2) is 17.5 Å². The van der Waals surface area contributed by atoms with Gasteiger partial charge >= 0.3 is 6.18 Å². The van der Waals surface area contributed by atoms with Gasteiger partial charge in [-0.3, -0.25) is 0 Å². The summed E-state index contributed by atoms with van der Waals surface area (Å²) in [7, 11) is 1.27. The number of benzene rings is 2. The lowest BCUT2D eigenvalue weighted by molar-refractivity contribution is -0.187. The van der Waals surface area contributed by atoms with Crippen molar-refractivity contribution in [3.63, 3.8) is 0 Å². The number of halogens is 6. The lowest BCUT2D eigenvalue weighted by Gasteiger charge is -2.49. The van der Waals surface area contributed by atoms with Crippen LogP contribution in [0.3, 0.4) is 0 Å². The van der Waals surface area contributed by atoms with E-state index in [9.17, 15) is 41.7 Å². The zero-order chi connectivity index (χ0) is 33.6. The Morgan fingerprint density at radius 3 is 2.43 bits per heavy atom. The van der Waals surface area contributed by atoms with E-state index in [1.54, 1.807) is 13.8 Å². The highest BCUT2D eigenvalue weighted by Crippen LogP contribution is 2.53. The van der Waals surface area contributed by atoms with Crippen LogP contribution >= 0.6 is 11.8 Å². The second kappa shape index (κ2) is 13.1. The lowest BCUT2D eigenvalue weighted by Crippen LogP contribution is -2.56. The number of ether oxygens (including phenoxy) is 3. The fourth-order valence-corrected chi connectivity index (χ4v) is 7.90. The summed E-state index contributed by atoms with van der Waals surface area (Å²) in [6, 6.07) is 5.13. The minimum Gasteiger partial charge on any atom is -0.394 e. The Morgan fingerprint density at radius 2 is 1.83 bits per heavy atom. The predicted octanol–water partition coefficient (Wildman–Crippen LogP) is 4.81. The van der Waals surface area contributed by atoms with Crippen LogP contribution in [0.4, 0.5) is 26.3 Å². The van der Waals surface area contributed by atoms with Crippen molar-refractivity contribution in [1.82, 2.24) is 15.0 Å². The molecule has 9 nitrogen and oxygen atoms in total. The number of aliphatic hydroxyl groups excluding tert-OH is 2. The summed E-state index contributed by atoms with van der Waals surface area (Å²) in [5.41, 5.74) is -5.22. The smallest absolute Gasteiger partial charge is 0.394 e. The third kappa shape index (κ3) is 6.79. The van der Waals surface area contributed by atoms with E-state index in [0.29, 0.717) is 0 Å². The molecule has 3 N–H and O–H groups in total. The predicted molar refractivity (Wildman–Crippen MR) is 153 cm³/mol. The molecule has 0 saturated carbocycles. The maximum atomic E-state index is 14.3. The van der Waals surface area contributed by atoms with E-state index in [1.807, 2.05) is 0 Å². The van der Waals surface area contributed by atoms with Crippen molar-refractivity contribution in [1.29, 1.82) is 0 Å². The molecule has 252 valence electrons. The average Bonchev–Trinajstić information content (AvgIpc) is 3.47. The van der Waals surface area contributed by atoms with Crippen LogP contribution in [0.15, 0.2) is 42.6 Å². The second-order valence-corrected chi connectivity index (χ2v) is 13.2. The average molecular weight is 678 g/mol. The van der Waals surface area contributed by atoms with Gasteiger partial charge in [-0.25, -0.2) is 17.9 Å². The van der Waals surface area contributed by atoms with Gasteiger partial charge in [0.05, 0.1) is 41.4 Å². The summed E-state index contributed by atoms with van der Waals surface area (Å²) in [4.78, 5) is 0. The van der Waals surface area contributed by atoms with Crippen molar-refractivity contribution in [2.75, 3.05) is 20.3 Å². The Kier molecular flexibility index (Phi) is 9.82. The van der Waals surface area contributed by atoms with E-state index in [-0.39, 0.29) is 36.3 Å². The number of hydrogen-bond donors (Lipinski definition) is 3. The Bertz CT molecular complexity index is 1520. The molecule has 2 fully saturated rings. The molecule has 0 spiro atoms. The highest BCUT2D eigenvalue weighted by atomic mass is 32.2. The maximum Gasteiger partial charge on any atom is 0.416 e. The van der Waals surface area contributed by atoms with Gasteiger partial charge in [-0.15, -0.1) is 16.9 Å². The van der Waals surface area contributed by atoms with Gasteiger partial charge in [0.1, 0.15) is 35.5 Å². The molecule has 7 atom stereocenters. The van der Waals surface area contributed by atoms with Gasteiger partial charge in [-0.05, 0) is 37.6 Å². The SMILES string of the molecule is CO[C@@H]1[C@@H](n2cc(-c3cc(F)c(F)c(F)c3)nn2)[C@@H](O)[C@@H](CO)O[C@H]1SC(c1ccccc1C(F)(F)F)[C@]1(O)CCOC(C)(C)C1. The van der Waals surface area contributed by atoms with Crippen LogP contribution < -0.4 is 0 Å². The Hall–Kier alpha value is -2.73. The molecule has 2 aromatic carbocycles. The monoisotopic (exact) mass is 677 g/mol. The molecule has 2 aliphatic heterocycles. The maximum absolute atomic E-state index is 14.3. The van der Waals surface area contributed by atoms with Crippen molar-refractivity contribution in [3.8, 4) is 11.3 Å². The molecule has 3 aromatic rings. The number of thioether (sulfide) groups is 1. The second-order valence-electron chi connectivity index (χ2n) is 12.0. The summed E-state index contributed by atoms with van der Waals surface area (Å²) in [6.07, 6.45) is -7.54. The van der Waals surface area contributed by atoms with E-state index in [0.717, 1.165) is 34.6 Å². The normalized spacial score (nSPS) is 29.1. The van der Waals surface area contributed by atoms with Crippen molar-refractivity contribution >= 4 is 11.8 Å². The zero-order valence-corrected chi connectivity index (χ0v) is 25.7. The molecule has 3 heterocycles. The topological polar surface area (TPSA) is 119 Å². The van der Waals surface area contributed by atoms with Crippen molar-refractivity contribution < 1.29 is 55.9 Å². The molecule has 2 saturated heterocycles. The molecule has 2 aliphatic rings. The number of aromatic nitrogens is 3. The van der Waals surface area contributed by atoms with E-state index >= 15 is 0 Å². The Labute approximate surface area is 264 Å². The minimum atomic E-state index is -4.76. The van der Waals surface area contributed by atoms with E-state index in [4.69, 9.17) is 14.2 Å². The first-order valence-corrected chi connectivity index (χ1v) is 15.2. The molecule has 1 unspecified atom stereocenters. The van der Waals surface area contributed by atoms with Crippen molar-refractivity contribution in [3.05, 3.63) is 71.2 Å². The molecule has 0 bridgehead atoms. The van der Waals surface area contributed by atoms with Crippen LogP contribution in [-0.2, 0) is 20.4 Å². The van der Waals surface area contributed by atoms with Crippen LogP contribution in [0.25, 0.3) is 11.3 Å². The number of nitrogens with zero attached hydrogens (tertiary/aromatic N) is 3. The number of methoxy groups -OCH3 is 1. The molecule has 1 aromatic heterocycles. The summed E-state index contributed by atoms with van der Waals surface area (Å²) in [5.74, 6) is -4.58. The van der Waals surface area contributed by atoms with Crippen molar-refractivity contribution in [2.45, 2.75) is 79.1 Å². The molecular weight excluding hydrogens is 644 g/mol. The van der Waals surface area contributed by atoms with Gasteiger partial charge in [-0.2, -0.15) is 13.2 Å².